The van der Waals surface area contributed by atoms with Gasteiger partial charge in [-0.05, 0) is 24.6 Å². The van der Waals surface area contributed by atoms with Gasteiger partial charge in [-0.25, -0.2) is 4.79 Å². The number of rotatable bonds is 8. The predicted molar refractivity (Wildman–Crippen MR) is 116 cm³/mol. The first-order valence-electron chi connectivity index (χ1n) is 9.72. The molecule has 8 nitrogen and oxygen atoms in total. The number of hydrogen-bond acceptors (Lipinski definition) is 4. The SMILES string of the molecule is Cc1c(C(=O)C(N)=O)c2c(OC(C(=O)O)[N+](C)(C)C)cccc2n1Cc1ccccc1. The summed E-state index contributed by atoms with van der Waals surface area (Å²) < 4.78 is 7.79. The van der Waals surface area contributed by atoms with Crippen LogP contribution in [0.3, 0.4) is 0 Å². The molecule has 1 amide bonds. The quantitative estimate of drug-likeness (QED) is 0.249. The zero-order valence-electron chi connectivity index (χ0n) is 18.0. The molecule has 0 radical (unpaired) electrons. The maximum Gasteiger partial charge on any atom is 0.405 e. The number of aromatic nitrogens is 1. The van der Waals surface area contributed by atoms with Gasteiger partial charge in [0, 0.05) is 12.2 Å². The molecule has 8 heteroatoms. The Labute approximate surface area is 180 Å². The van der Waals surface area contributed by atoms with Crippen LogP contribution in [0.1, 0.15) is 21.6 Å². The Hall–Kier alpha value is -3.65. The highest BCUT2D eigenvalue weighted by molar-refractivity contribution is 6.45. The summed E-state index contributed by atoms with van der Waals surface area (Å²) in [6.07, 6.45) is -1.22. The van der Waals surface area contributed by atoms with Crippen molar-refractivity contribution in [3.8, 4) is 5.75 Å². The molecule has 1 atom stereocenters. The highest BCUT2D eigenvalue weighted by atomic mass is 16.5. The fraction of sp³-hybridized carbons (Fsp3) is 0.261. The first kappa shape index (κ1) is 22.0. The number of carbonyl (C=O) groups is 3. The Kier molecular flexibility index (Phi) is 5.85. The minimum absolute atomic E-state index is 0.00543. The third-order valence-electron chi connectivity index (χ3n) is 5.10. The second-order valence-corrected chi connectivity index (χ2v) is 8.30. The van der Waals surface area contributed by atoms with Crippen LogP contribution in [0.4, 0.5) is 0 Å². The number of quaternary nitrogens is 1. The molecule has 0 saturated carbocycles. The molecule has 1 unspecified atom stereocenters. The van der Waals surface area contributed by atoms with Crippen LogP contribution in [0.25, 0.3) is 10.9 Å². The second-order valence-electron chi connectivity index (χ2n) is 8.30. The number of carboxylic acids is 1. The van der Waals surface area contributed by atoms with E-state index in [0.29, 0.717) is 23.1 Å². The Bertz CT molecular complexity index is 1160. The Morgan fingerprint density at radius 2 is 1.71 bits per heavy atom. The summed E-state index contributed by atoms with van der Waals surface area (Å²) in [5.41, 5.74) is 7.65. The van der Waals surface area contributed by atoms with E-state index in [1.165, 1.54) is 0 Å². The maximum atomic E-state index is 12.8. The Morgan fingerprint density at radius 3 is 2.26 bits per heavy atom. The number of hydrogen-bond donors (Lipinski definition) is 2. The molecule has 3 rings (SSSR count). The van der Waals surface area contributed by atoms with E-state index in [1.54, 1.807) is 46.3 Å². The van der Waals surface area contributed by atoms with Gasteiger partial charge in [0.15, 0.2) is 0 Å². The molecule has 162 valence electrons. The topological polar surface area (TPSA) is 112 Å². The van der Waals surface area contributed by atoms with Crippen molar-refractivity contribution in [1.29, 1.82) is 0 Å². The van der Waals surface area contributed by atoms with Gasteiger partial charge in [0.1, 0.15) is 5.75 Å². The van der Waals surface area contributed by atoms with E-state index in [9.17, 15) is 19.5 Å². The zero-order chi connectivity index (χ0) is 22.9. The molecule has 31 heavy (non-hydrogen) atoms. The average Bonchev–Trinajstić information content (AvgIpc) is 2.97. The lowest BCUT2D eigenvalue weighted by Crippen LogP contribution is -2.53. The van der Waals surface area contributed by atoms with Gasteiger partial charge in [-0.2, -0.15) is 0 Å². The van der Waals surface area contributed by atoms with Crippen molar-refractivity contribution in [1.82, 2.24) is 4.57 Å². The molecule has 0 aliphatic rings. The van der Waals surface area contributed by atoms with Crippen LogP contribution >= 0.6 is 0 Å². The van der Waals surface area contributed by atoms with Crippen molar-refractivity contribution in [3.63, 3.8) is 0 Å². The third kappa shape index (κ3) is 4.29. The zero-order valence-corrected chi connectivity index (χ0v) is 18.0. The van der Waals surface area contributed by atoms with Gasteiger partial charge < -0.3 is 20.1 Å². The fourth-order valence-electron chi connectivity index (χ4n) is 3.62. The highest BCUT2D eigenvalue weighted by Crippen LogP contribution is 2.35. The van der Waals surface area contributed by atoms with Gasteiger partial charge in [-0.3, -0.25) is 14.1 Å². The summed E-state index contributed by atoms with van der Waals surface area (Å²) in [7, 11) is 5.08. The number of carbonyl (C=O) groups excluding carboxylic acids is 2. The number of aliphatic carboxylic acids is 1. The molecule has 3 aromatic rings. The van der Waals surface area contributed by atoms with Gasteiger partial charge in [-0.1, -0.05) is 36.4 Å². The van der Waals surface area contributed by atoms with Crippen LogP contribution in [-0.2, 0) is 16.1 Å². The number of Topliss-reactive ketones (excluding diaryl/α,β-unsaturated/α-hetero) is 1. The molecular formula is C23H26N3O5+. The van der Waals surface area contributed by atoms with Crippen molar-refractivity contribution < 1.29 is 28.7 Å². The summed E-state index contributed by atoms with van der Waals surface area (Å²) in [6, 6.07) is 14.8. The molecule has 0 aliphatic carbocycles. The van der Waals surface area contributed by atoms with Crippen LogP contribution in [-0.4, -0.2) is 59.2 Å². The number of ether oxygens (including phenoxy) is 1. The van der Waals surface area contributed by atoms with E-state index >= 15 is 0 Å². The van der Waals surface area contributed by atoms with Gasteiger partial charge in [-0.15, -0.1) is 0 Å². The van der Waals surface area contributed by atoms with E-state index < -0.39 is 23.9 Å². The third-order valence-corrected chi connectivity index (χ3v) is 5.10. The molecular weight excluding hydrogens is 398 g/mol. The lowest BCUT2D eigenvalue weighted by Gasteiger charge is -2.30. The van der Waals surface area contributed by atoms with E-state index in [2.05, 4.69) is 0 Å². The summed E-state index contributed by atoms with van der Waals surface area (Å²) in [6.45, 7) is 2.19. The lowest BCUT2D eigenvalue weighted by molar-refractivity contribution is -0.905. The van der Waals surface area contributed by atoms with Crippen molar-refractivity contribution in [2.75, 3.05) is 21.1 Å². The van der Waals surface area contributed by atoms with Crippen LogP contribution in [0.2, 0.25) is 0 Å². The predicted octanol–water partition coefficient (Wildman–Crippen LogP) is 2.16. The largest absolute Gasteiger partial charge is 0.474 e. The number of likely N-dealkylation sites (N-methyl/N-ethyl adjacent to an activating group) is 1. The number of primary amides is 1. The monoisotopic (exact) mass is 424 g/mol. The smallest absolute Gasteiger partial charge is 0.405 e. The standard InChI is InChI=1S/C23H25N3O5/c1-14-18(20(27)21(24)28)19-16(25(14)13-15-9-6-5-7-10-15)11-8-12-17(19)31-22(23(29)30)26(2,3)4/h5-12,22H,13H2,1-4H3,(H2-,24,28,29,30)/p+1. The average molecular weight is 424 g/mol. The molecule has 3 N–H and O–H groups in total. The summed E-state index contributed by atoms with van der Waals surface area (Å²) >= 11 is 0. The molecule has 0 fully saturated rings. The van der Waals surface area contributed by atoms with Crippen LogP contribution in [0.15, 0.2) is 48.5 Å². The second kappa shape index (κ2) is 8.23. The molecule has 0 spiro atoms. The summed E-state index contributed by atoms with van der Waals surface area (Å²) in [5.74, 6) is -2.87. The fourth-order valence-corrected chi connectivity index (χ4v) is 3.62. The molecule has 0 bridgehead atoms. The summed E-state index contributed by atoms with van der Waals surface area (Å²) in [4.78, 5) is 36.4. The van der Waals surface area contributed by atoms with Gasteiger partial charge >= 0.3 is 12.2 Å². The number of benzene rings is 2. The van der Waals surface area contributed by atoms with E-state index in [4.69, 9.17) is 10.5 Å². The molecule has 1 aromatic heterocycles. The number of ketones is 1. The minimum atomic E-state index is -1.22. The van der Waals surface area contributed by atoms with Crippen molar-refractivity contribution in [2.45, 2.75) is 19.7 Å². The van der Waals surface area contributed by atoms with Gasteiger partial charge in [0.25, 0.3) is 11.7 Å². The lowest BCUT2D eigenvalue weighted by atomic mass is 10.1. The molecule has 0 saturated heterocycles. The van der Waals surface area contributed by atoms with Crippen LogP contribution < -0.4 is 10.5 Å². The van der Waals surface area contributed by atoms with E-state index in [-0.39, 0.29) is 15.8 Å². The minimum Gasteiger partial charge on any atom is -0.474 e. The molecule has 1 heterocycles. The first-order valence-corrected chi connectivity index (χ1v) is 9.72. The van der Waals surface area contributed by atoms with Crippen molar-refractivity contribution >= 4 is 28.6 Å². The molecule has 2 aromatic carbocycles. The van der Waals surface area contributed by atoms with Crippen molar-refractivity contribution in [3.05, 3.63) is 65.4 Å². The van der Waals surface area contributed by atoms with E-state index in [1.807, 2.05) is 34.9 Å². The summed E-state index contributed by atoms with van der Waals surface area (Å²) in [5, 5.41) is 10.1. The van der Waals surface area contributed by atoms with Gasteiger partial charge in [0.05, 0.1) is 37.6 Å². The number of nitrogens with two attached hydrogens (primary N) is 1. The number of amides is 1. The van der Waals surface area contributed by atoms with Gasteiger partial charge in [0.2, 0.25) is 0 Å². The Morgan fingerprint density at radius 1 is 1.06 bits per heavy atom. The number of carboxylic acid groups (broad SMARTS) is 1. The maximum absolute atomic E-state index is 12.8. The normalized spacial score (nSPS) is 12.5. The van der Waals surface area contributed by atoms with Crippen LogP contribution in [0, 0.1) is 6.92 Å². The van der Waals surface area contributed by atoms with Crippen molar-refractivity contribution in [2.24, 2.45) is 5.73 Å². The highest BCUT2D eigenvalue weighted by Gasteiger charge is 2.35. The van der Waals surface area contributed by atoms with E-state index in [0.717, 1.165) is 5.56 Å². The number of fused-ring (bicyclic) bond motifs is 1. The first-order chi connectivity index (χ1) is 14.5. The Balaban J connectivity index is 2.26. The molecule has 0 aliphatic heterocycles. The number of nitrogens with zero attached hydrogens (tertiary/aromatic N) is 2. The van der Waals surface area contributed by atoms with Crippen LogP contribution in [0.5, 0.6) is 5.75 Å².